The second kappa shape index (κ2) is 4.94. The maximum atomic E-state index is 10.9. The zero-order valence-electron chi connectivity index (χ0n) is 7.52. The van der Waals surface area contributed by atoms with Crippen molar-refractivity contribution in [3.05, 3.63) is 12.2 Å². The van der Waals surface area contributed by atoms with Crippen LogP contribution in [0.25, 0.3) is 0 Å². The fourth-order valence-corrected chi connectivity index (χ4v) is 0.782. The van der Waals surface area contributed by atoms with Crippen LogP contribution in [-0.4, -0.2) is 13.1 Å². The van der Waals surface area contributed by atoms with Crippen LogP contribution in [0.15, 0.2) is 12.2 Å². The molecule has 0 heterocycles. The van der Waals surface area contributed by atoms with Crippen molar-refractivity contribution < 1.29 is 9.53 Å². The number of ether oxygens (including phenoxy) is 1. The number of hydrogen-bond donors (Lipinski definition) is 0. The topological polar surface area (TPSA) is 26.3 Å². The molecule has 2 nitrogen and oxygen atoms in total. The first kappa shape index (κ1) is 10.2. The van der Waals surface area contributed by atoms with E-state index in [9.17, 15) is 4.79 Å². The van der Waals surface area contributed by atoms with E-state index in [1.54, 1.807) is 0 Å². The molecule has 0 amide bonds. The fourth-order valence-electron chi connectivity index (χ4n) is 0.782. The molecule has 0 bridgehead atoms. The zero-order chi connectivity index (χ0) is 8.85. The Balaban J connectivity index is 3.60. The van der Waals surface area contributed by atoms with Crippen molar-refractivity contribution >= 4 is 5.97 Å². The summed E-state index contributed by atoms with van der Waals surface area (Å²) in [4.78, 5) is 10.9. The van der Waals surface area contributed by atoms with Crippen LogP contribution >= 0.6 is 0 Å². The predicted octanol–water partition coefficient (Wildman–Crippen LogP) is 2.15. The Bertz CT molecular complexity index is 150. The highest BCUT2D eigenvalue weighted by atomic mass is 16.5. The molecule has 2 heteroatoms. The smallest absolute Gasteiger partial charge is 0.308 e. The second-order valence-electron chi connectivity index (χ2n) is 2.92. The van der Waals surface area contributed by atoms with Gasteiger partial charge in [0.1, 0.15) is 0 Å². The van der Waals surface area contributed by atoms with Gasteiger partial charge in [0.05, 0.1) is 13.0 Å². The van der Waals surface area contributed by atoms with Gasteiger partial charge in [-0.2, -0.15) is 0 Å². The van der Waals surface area contributed by atoms with E-state index in [4.69, 9.17) is 0 Å². The number of methoxy groups -OCH3 is 1. The lowest BCUT2D eigenvalue weighted by molar-refractivity contribution is -0.145. The van der Waals surface area contributed by atoms with Crippen LogP contribution in [0.2, 0.25) is 0 Å². The van der Waals surface area contributed by atoms with Gasteiger partial charge in [0.25, 0.3) is 0 Å². The molecule has 0 fully saturated rings. The summed E-state index contributed by atoms with van der Waals surface area (Å²) in [7, 11) is 1.42. The highest BCUT2D eigenvalue weighted by Crippen LogP contribution is 2.10. The van der Waals surface area contributed by atoms with Crippen LogP contribution in [-0.2, 0) is 9.53 Å². The van der Waals surface area contributed by atoms with Crippen molar-refractivity contribution in [1.82, 2.24) is 0 Å². The number of carbonyl (C=O) groups excluding carboxylic acids is 1. The lowest BCUT2D eigenvalue weighted by atomic mass is 10.0. The molecule has 1 unspecified atom stereocenters. The third kappa shape index (κ3) is 4.59. The Morgan fingerprint density at radius 2 is 2.18 bits per heavy atom. The molecule has 0 spiro atoms. The van der Waals surface area contributed by atoms with Gasteiger partial charge in [-0.3, -0.25) is 4.79 Å². The van der Waals surface area contributed by atoms with Gasteiger partial charge < -0.3 is 4.74 Å². The monoisotopic (exact) mass is 156 g/mol. The van der Waals surface area contributed by atoms with E-state index in [1.807, 2.05) is 13.8 Å². The maximum Gasteiger partial charge on any atom is 0.308 e. The van der Waals surface area contributed by atoms with Crippen LogP contribution in [0.5, 0.6) is 0 Å². The summed E-state index contributed by atoms with van der Waals surface area (Å²) in [6, 6.07) is 0. The van der Waals surface area contributed by atoms with Gasteiger partial charge in [-0.15, -0.1) is 6.58 Å². The van der Waals surface area contributed by atoms with Gasteiger partial charge in [-0.05, 0) is 19.8 Å². The number of hydrogen-bond acceptors (Lipinski definition) is 2. The van der Waals surface area contributed by atoms with Crippen molar-refractivity contribution in [2.75, 3.05) is 7.11 Å². The van der Waals surface area contributed by atoms with Crippen LogP contribution in [0, 0.1) is 5.92 Å². The largest absolute Gasteiger partial charge is 0.469 e. The molecule has 0 aliphatic rings. The van der Waals surface area contributed by atoms with Crippen LogP contribution < -0.4 is 0 Å². The second-order valence-corrected chi connectivity index (χ2v) is 2.92. The number of esters is 1. The molecule has 0 aromatic heterocycles. The molecule has 11 heavy (non-hydrogen) atoms. The summed E-state index contributed by atoms with van der Waals surface area (Å²) in [6.45, 7) is 7.59. The predicted molar refractivity (Wildman–Crippen MR) is 45.2 cm³/mol. The molecule has 0 rings (SSSR count). The highest BCUT2D eigenvalue weighted by molar-refractivity contribution is 5.71. The van der Waals surface area contributed by atoms with Crippen LogP contribution in [0.1, 0.15) is 26.7 Å². The van der Waals surface area contributed by atoms with Crippen molar-refractivity contribution in [3.8, 4) is 0 Å². The Morgan fingerprint density at radius 3 is 2.55 bits per heavy atom. The number of carbonyl (C=O) groups is 1. The minimum Gasteiger partial charge on any atom is -0.469 e. The third-order valence-electron chi connectivity index (χ3n) is 1.61. The quantitative estimate of drug-likeness (QED) is 0.460. The van der Waals surface area contributed by atoms with E-state index in [0.717, 1.165) is 18.4 Å². The van der Waals surface area contributed by atoms with E-state index in [0.29, 0.717) is 0 Å². The normalized spacial score (nSPS) is 12.3. The molecular formula is C9H16O2. The summed E-state index contributed by atoms with van der Waals surface area (Å²) in [5.74, 6) is -0.136. The molecule has 0 aliphatic heterocycles. The lowest BCUT2D eigenvalue weighted by Gasteiger charge is -2.07. The molecule has 0 saturated heterocycles. The van der Waals surface area contributed by atoms with Gasteiger partial charge in [0.15, 0.2) is 0 Å². The average molecular weight is 156 g/mol. The van der Waals surface area contributed by atoms with Gasteiger partial charge in [-0.1, -0.05) is 12.5 Å². The minimum atomic E-state index is -0.133. The molecule has 64 valence electrons. The van der Waals surface area contributed by atoms with Crippen LogP contribution in [0.4, 0.5) is 0 Å². The van der Waals surface area contributed by atoms with Crippen molar-refractivity contribution in [1.29, 1.82) is 0 Å². The average Bonchev–Trinajstić information content (AvgIpc) is 1.98. The summed E-state index contributed by atoms with van der Waals surface area (Å²) < 4.78 is 4.58. The number of allylic oxidation sites excluding steroid dienone is 1. The molecule has 0 aliphatic carbocycles. The standard InChI is InChI=1S/C9H16O2/c1-7(2)5-6-8(3)9(10)11-4/h8H,1,5-6H2,2-4H3. The van der Waals surface area contributed by atoms with E-state index < -0.39 is 0 Å². The van der Waals surface area contributed by atoms with E-state index >= 15 is 0 Å². The highest BCUT2D eigenvalue weighted by Gasteiger charge is 2.11. The van der Waals surface area contributed by atoms with Gasteiger partial charge in [0.2, 0.25) is 0 Å². The SMILES string of the molecule is C=C(C)CCC(C)C(=O)OC. The maximum absolute atomic E-state index is 10.9. The van der Waals surface area contributed by atoms with E-state index in [-0.39, 0.29) is 11.9 Å². The minimum absolute atomic E-state index is 0.00306. The first-order valence-corrected chi connectivity index (χ1v) is 3.80. The third-order valence-corrected chi connectivity index (χ3v) is 1.61. The summed E-state index contributed by atoms with van der Waals surface area (Å²) in [6.07, 6.45) is 1.73. The molecule has 0 aromatic rings. The van der Waals surface area contributed by atoms with Crippen molar-refractivity contribution in [3.63, 3.8) is 0 Å². The Kier molecular flexibility index (Phi) is 4.59. The van der Waals surface area contributed by atoms with Gasteiger partial charge in [-0.25, -0.2) is 0 Å². The Labute approximate surface area is 68.2 Å². The molecule has 1 atom stereocenters. The molecule has 0 radical (unpaired) electrons. The summed E-state index contributed by atoms with van der Waals surface area (Å²) >= 11 is 0. The van der Waals surface area contributed by atoms with Crippen molar-refractivity contribution in [2.24, 2.45) is 5.92 Å². The first-order chi connectivity index (χ1) is 5.07. The van der Waals surface area contributed by atoms with Crippen LogP contribution in [0.3, 0.4) is 0 Å². The van der Waals surface area contributed by atoms with E-state index in [1.165, 1.54) is 7.11 Å². The molecule has 0 N–H and O–H groups in total. The van der Waals surface area contributed by atoms with E-state index in [2.05, 4.69) is 11.3 Å². The molecule has 0 saturated carbocycles. The Morgan fingerprint density at radius 1 is 1.64 bits per heavy atom. The summed E-state index contributed by atoms with van der Waals surface area (Å²) in [5.41, 5.74) is 1.11. The van der Waals surface area contributed by atoms with Crippen molar-refractivity contribution in [2.45, 2.75) is 26.7 Å². The summed E-state index contributed by atoms with van der Waals surface area (Å²) in [5, 5.41) is 0. The number of rotatable bonds is 4. The fraction of sp³-hybridized carbons (Fsp3) is 0.667. The molecule has 0 aromatic carbocycles. The molecular weight excluding hydrogens is 140 g/mol. The van der Waals surface area contributed by atoms with Gasteiger partial charge in [0, 0.05) is 0 Å². The lowest BCUT2D eigenvalue weighted by Crippen LogP contribution is -2.12. The zero-order valence-corrected chi connectivity index (χ0v) is 7.52. The Hall–Kier alpha value is -0.790. The van der Waals surface area contributed by atoms with Gasteiger partial charge >= 0.3 is 5.97 Å². The first-order valence-electron chi connectivity index (χ1n) is 3.80.